The molecule has 0 saturated heterocycles. The molecule has 0 spiro atoms. The molecule has 50 heavy (non-hydrogen) atoms. The number of hydrogen-bond donors (Lipinski definition) is 0. The van der Waals surface area contributed by atoms with Crippen LogP contribution in [0.3, 0.4) is 0 Å². The lowest BCUT2D eigenvalue weighted by molar-refractivity contribution is 0.486. The third-order valence-electron chi connectivity index (χ3n) is 10.9. The van der Waals surface area contributed by atoms with E-state index in [2.05, 4.69) is 166 Å². The summed E-state index contributed by atoms with van der Waals surface area (Å²) in [4.78, 5) is 10.4. The maximum absolute atomic E-state index is 6.71. The molecule has 0 aliphatic carbocycles. The number of ether oxygens (including phenoxy) is 1. The Morgan fingerprint density at radius 3 is 1.36 bits per heavy atom. The van der Waals surface area contributed by atoms with E-state index < -0.39 is 8.07 Å². The van der Waals surface area contributed by atoms with E-state index in [-0.39, 0.29) is 0 Å². The van der Waals surface area contributed by atoms with Gasteiger partial charge in [0, 0.05) is 11.4 Å². The lowest BCUT2D eigenvalue weighted by Crippen LogP contribution is -2.56. The molecular weight excluding hydrogens is 633 g/mol. The molecule has 240 valence electrons. The summed E-state index contributed by atoms with van der Waals surface area (Å²) in [5, 5.41) is 2.54. The van der Waals surface area contributed by atoms with Crippen LogP contribution in [0.2, 0.25) is 13.1 Å². The minimum atomic E-state index is -2.28. The summed E-state index contributed by atoms with van der Waals surface area (Å²) in [5.74, 6) is 3.71. The highest BCUT2D eigenvalue weighted by atomic mass is 28.3. The van der Waals surface area contributed by atoms with Crippen molar-refractivity contribution in [2.75, 3.05) is 0 Å². The van der Waals surface area contributed by atoms with Gasteiger partial charge in [-0.25, -0.2) is 9.97 Å². The molecule has 8 heteroatoms. The third kappa shape index (κ3) is 3.48. The zero-order valence-electron chi connectivity index (χ0n) is 28.1. The number of aromatic nitrogens is 6. The summed E-state index contributed by atoms with van der Waals surface area (Å²) >= 11 is 0. The van der Waals surface area contributed by atoms with Gasteiger partial charge in [-0.1, -0.05) is 61.6 Å². The van der Waals surface area contributed by atoms with Gasteiger partial charge in [-0.15, -0.1) is 0 Å². The highest BCUT2D eigenvalue weighted by Gasteiger charge is 2.37. The fourth-order valence-corrected chi connectivity index (χ4v) is 11.2. The molecule has 10 aromatic rings. The zero-order chi connectivity index (χ0) is 33.5. The number of rotatable bonds is 2. The summed E-state index contributed by atoms with van der Waals surface area (Å²) in [6.07, 6.45) is 0. The van der Waals surface area contributed by atoms with Gasteiger partial charge in [0.05, 0.1) is 44.1 Å². The van der Waals surface area contributed by atoms with Crippen LogP contribution in [-0.2, 0) is 0 Å². The molecule has 0 N–H and O–H groups in total. The van der Waals surface area contributed by atoms with Crippen molar-refractivity contribution in [2.45, 2.75) is 26.9 Å². The molecule has 11 rings (SSSR count). The van der Waals surface area contributed by atoms with Crippen LogP contribution in [0.25, 0.3) is 67.1 Å². The van der Waals surface area contributed by atoms with Crippen LogP contribution in [0.4, 0.5) is 0 Å². The van der Waals surface area contributed by atoms with Crippen LogP contribution in [0.15, 0.2) is 121 Å². The number of nitrogens with zero attached hydrogens (tertiary/aromatic N) is 6. The number of imidazole rings is 4. The van der Waals surface area contributed by atoms with Crippen molar-refractivity contribution in [2.24, 2.45) is 0 Å². The normalized spacial score (nSPS) is 13.9. The van der Waals surface area contributed by atoms with Crippen molar-refractivity contribution < 1.29 is 4.74 Å². The van der Waals surface area contributed by atoms with E-state index in [9.17, 15) is 0 Å². The number of fused-ring (bicyclic) bond motifs is 12. The number of hydrogen-bond acceptors (Lipinski definition) is 3. The van der Waals surface area contributed by atoms with Gasteiger partial charge in [0.15, 0.2) is 0 Å². The molecule has 1 aliphatic rings. The molecule has 0 fully saturated rings. The highest BCUT2D eigenvalue weighted by Crippen LogP contribution is 2.36. The number of benzene rings is 6. The molecule has 7 nitrogen and oxygen atoms in total. The molecule has 6 aromatic carbocycles. The van der Waals surface area contributed by atoms with E-state index in [1.165, 1.54) is 21.5 Å². The Hall–Kier alpha value is -6.12. The standard InChI is InChI=1S/C42H32N6OSi/c1-25-11-9-17-33-39(25)43-41-45(29-13-5-7-15-31(29)47(33)41)27-19-21-35-37(23-27)50(3,4)38-24-28(20-22-36(38)49-35)46-30-14-6-8-16-32(30)48-34-18-10-12-26(2)40(34)44-42(46)48/h5-24H,1-4H3. The molecule has 4 aromatic heterocycles. The van der Waals surface area contributed by atoms with Crippen LogP contribution in [0.5, 0.6) is 11.5 Å². The van der Waals surface area contributed by atoms with Crippen molar-refractivity contribution in [3.8, 4) is 22.9 Å². The van der Waals surface area contributed by atoms with Crippen LogP contribution in [-0.4, -0.2) is 36.0 Å². The first-order valence-electron chi connectivity index (χ1n) is 17.1. The lowest BCUT2D eigenvalue weighted by Gasteiger charge is -2.33. The Morgan fingerprint density at radius 1 is 0.480 bits per heavy atom. The zero-order valence-corrected chi connectivity index (χ0v) is 29.1. The van der Waals surface area contributed by atoms with Gasteiger partial charge in [0.2, 0.25) is 11.6 Å². The molecule has 1 aliphatic heterocycles. The quantitative estimate of drug-likeness (QED) is 0.174. The molecule has 5 heterocycles. The second kappa shape index (κ2) is 9.52. The minimum absolute atomic E-state index is 0.917. The van der Waals surface area contributed by atoms with Gasteiger partial charge in [0.1, 0.15) is 19.6 Å². The van der Waals surface area contributed by atoms with E-state index >= 15 is 0 Å². The van der Waals surface area contributed by atoms with Gasteiger partial charge >= 0.3 is 0 Å². The Labute approximate surface area is 288 Å². The fourth-order valence-electron chi connectivity index (χ4n) is 8.37. The minimum Gasteiger partial charge on any atom is -0.458 e. The Bertz CT molecular complexity index is 2880. The van der Waals surface area contributed by atoms with E-state index in [0.29, 0.717) is 0 Å². The van der Waals surface area contributed by atoms with Crippen molar-refractivity contribution in [3.05, 3.63) is 132 Å². The first-order valence-corrected chi connectivity index (χ1v) is 20.1. The van der Waals surface area contributed by atoms with E-state index in [0.717, 1.165) is 78.6 Å². The molecule has 0 radical (unpaired) electrons. The summed E-state index contributed by atoms with van der Waals surface area (Å²) in [7, 11) is -2.28. The molecule has 0 amide bonds. The summed E-state index contributed by atoms with van der Waals surface area (Å²) in [6.45, 7) is 9.14. The largest absolute Gasteiger partial charge is 0.458 e. The Morgan fingerprint density at radius 2 is 0.900 bits per heavy atom. The first-order chi connectivity index (χ1) is 24.4. The van der Waals surface area contributed by atoms with Gasteiger partial charge in [0.25, 0.3) is 0 Å². The van der Waals surface area contributed by atoms with Crippen molar-refractivity contribution in [3.63, 3.8) is 0 Å². The van der Waals surface area contributed by atoms with Crippen molar-refractivity contribution >= 4 is 74.1 Å². The topological polar surface area (TPSA) is 53.7 Å². The average Bonchev–Trinajstić information content (AvgIpc) is 3.86. The second-order valence-corrected chi connectivity index (χ2v) is 18.4. The third-order valence-corrected chi connectivity index (χ3v) is 14.3. The smallest absolute Gasteiger partial charge is 0.220 e. The van der Waals surface area contributed by atoms with E-state index in [1.54, 1.807) is 0 Å². The van der Waals surface area contributed by atoms with Crippen LogP contribution in [0.1, 0.15) is 11.1 Å². The number of aryl methyl sites for hydroxylation is 2. The van der Waals surface area contributed by atoms with Crippen LogP contribution >= 0.6 is 0 Å². The highest BCUT2D eigenvalue weighted by molar-refractivity contribution is 7.01. The molecule has 0 saturated carbocycles. The monoisotopic (exact) mass is 664 g/mol. The van der Waals surface area contributed by atoms with Crippen LogP contribution < -0.4 is 15.1 Å². The second-order valence-electron chi connectivity index (χ2n) is 14.1. The van der Waals surface area contributed by atoms with Gasteiger partial charge in [-0.2, -0.15) is 0 Å². The Balaban J connectivity index is 1.11. The summed E-state index contributed by atoms with van der Waals surface area (Å²) in [6, 6.07) is 43.4. The van der Waals surface area contributed by atoms with E-state index in [4.69, 9.17) is 14.7 Å². The fraction of sp³-hybridized carbons (Fsp3) is 0.0952. The molecule has 0 bridgehead atoms. The maximum Gasteiger partial charge on any atom is 0.220 e. The van der Waals surface area contributed by atoms with Gasteiger partial charge in [-0.3, -0.25) is 17.9 Å². The van der Waals surface area contributed by atoms with Gasteiger partial charge < -0.3 is 4.74 Å². The number of para-hydroxylation sites is 6. The Kier molecular flexibility index (Phi) is 5.29. The predicted octanol–water partition coefficient (Wildman–Crippen LogP) is 8.72. The summed E-state index contributed by atoms with van der Waals surface area (Å²) < 4.78 is 15.9. The molecule has 0 atom stereocenters. The predicted molar refractivity (Wildman–Crippen MR) is 205 cm³/mol. The maximum atomic E-state index is 6.71. The van der Waals surface area contributed by atoms with Crippen LogP contribution in [0, 0.1) is 13.8 Å². The summed E-state index contributed by atoms with van der Waals surface area (Å²) in [5.41, 5.74) is 13.4. The van der Waals surface area contributed by atoms with E-state index in [1.807, 2.05) is 0 Å². The molecular formula is C42H32N6OSi. The van der Waals surface area contributed by atoms with Gasteiger partial charge in [-0.05, 0) is 108 Å². The molecule has 0 unspecified atom stereocenters. The lowest BCUT2D eigenvalue weighted by atomic mass is 10.2. The SMILES string of the molecule is Cc1cccc2c1nc1n(-c3ccc4c(c3)[Si](C)(C)c3cc(-n5c6ccccc6n6c7cccc(C)c7nc56)ccc3O4)c3ccccc3n21. The average molecular weight is 665 g/mol. The first kappa shape index (κ1) is 27.8. The van der Waals surface area contributed by atoms with Crippen molar-refractivity contribution in [1.29, 1.82) is 0 Å². The van der Waals surface area contributed by atoms with Crippen molar-refractivity contribution in [1.82, 2.24) is 27.9 Å².